The molecule has 30 heavy (non-hydrogen) atoms. The number of carbonyl (C=O) groups is 2. The molecule has 1 atom stereocenters. The van der Waals surface area contributed by atoms with Crippen LogP contribution in [-0.2, 0) is 22.6 Å². The number of amides is 2. The van der Waals surface area contributed by atoms with E-state index in [1.54, 1.807) is 37.5 Å². The minimum atomic E-state index is -0.745. The number of nitrogens with one attached hydrogen (secondary N) is 1. The highest BCUT2D eigenvalue weighted by atomic mass is 16.6. The van der Waals surface area contributed by atoms with Crippen molar-refractivity contribution in [1.29, 1.82) is 0 Å². The molecule has 156 valence electrons. The third kappa shape index (κ3) is 4.29. The number of ether oxygens (including phenoxy) is 2. The van der Waals surface area contributed by atoms with Gasteiger partial charge in [-0.25, -0.2) is 9.78 Å². The van der Waals surface area contributed by atoms with Crippen molar-refractivity contribution in [2.75, 3.05) is 0 Å². The summed E-state index contributed by atoms with van der Waals surface area (Å²) in [7, 11) is 0. The van der Waals surface area contributed by atoms with E-state index in [4.69, 9.17) is 18.3 Å². The van der Waals surface area contributed by atoms with Crippen LogP contribution in [0.1, 0.15) is 29.9 Å². The Bertz CT molecular complexity index is 1060. The Morgan fingerprint density at radius 3 is 2.83 bits per heavy atom. The first-order valence-electron chi connectivity index (χ1n) is 9.46. The third-order valence-electron chi connectivity index (χ3n) is 4.71. The number of benzene rings is 1. The molecule has 1 saturated heterocycles. The molecule has 1 aliphatic rings. The Balaban J connectivity index is 1.31. The molecule has 2 N–H and O–H groups in total. The molecule has 4 rings (SSSR count). The van der Waals surface area contributed by atoms with Crippen LogP contribution in [0.3, 0.4) is 0 Å². The smallest absolute Gasteiger partial charge is 0.414 e. The fourth-order valence-electron chi connectivity index (χ4n) is 3.13. The summed E-state index contributed by atoms with van der Waals surface area (Å²) < 4.78 is 21.4. The monoisotopic (exact) mass is 412 g/mol. The lowest BCUT2D eigenvalue weighted by Gasteiger charge is -2.10. The van der Waals surface area contributed by atoms with Gasteiger partial charge in [-0.1, -0.05) is 6.07 Å². The molecule has 1 aromatic carbocycles. The standard InChI is InChI=1S/C21H20N2O7/c1-12-14(22-20(29-12)18-6-3-9-27-18)11-28-16-8-7-13(10-15(16)24)4-2-5-17-19(25)23-21(26)30-17/h3,6-10,17,24H,2,4-5,11H2,1H3,(H,23,25,26). The average Bonchev–Trinajstić information content (AvgIpc) is 3.42. The summed E-state index contributed by atoms with van der Waals surface area (Å²) in [5.74, 6) is 1.42. The van der Waals surface area contributed by atoms with Crippen molar-refractivity contribution in [3.8, 4) is 23.1 Å². The van der Waals surface area contributed by atoms with E-state index in [1.807, 2.05) is 6.07 Å². The fourth-order valence-corrected chi connectivity index (χ4v) is 3.13. The Morgan fingerprint density at radius 1 is 1.27 bits per heavy atom. The van der Waals surface area contributed by atoms with E-state index in [9.17, 15) is 14.7 Å². The summed E-state index contributed by atoms with van der Waals surface area (Å²) in [6, 6.07) is 8.62. The first-order valence-corrected chi connectivity index (χ1v) is 9.46. The molecule has 0 radical (unpaired) electrons. The molecule has 9 heteroatoms. The van der Waals surface area contributed by atoms with Crippen LogP contribution in [0.25, 0.3) is 11.7 Å². The van der Waals surface area contributed by atoms with Gasteiger partial charge >= 0.3 is 6.09 Å². The van der Waals surface area contributed by atoms with Crippen LogP contribution in [0.15, 0.2) is 45.4 Å². The molecule has 0 saturated carbocycles. The van der Waals surface area contributed by atoms with E-state index in [0.29, 0.717) is 48.1 Å². The summed E-state index contributed by atoms with van der Waals surface area (Å²) in [5.41, 5.74) is 1.48. The van der Waals surface area contributed by atoms with Crippen molar-refractivity contribution in [3.05, 3.63) is 53.6 Å². The molecule has 0 bridgehead atoms. The van der Waals surface area contributed by atoms with Gasteiger partial charge in [-0.3, -0.25) is 10.1 Å². The highest BCUT2D eigenvalue weighted by Gasteiger charge is 2.31. The normalized spacial score (nSPS) is 15.8. The molecule has 2 amide bonds. The van der Waals surface area contributed by atoms with E-state index in [1.165, 1.54) is 0 Å². The van der Waals surface area contributed by atoms with Crippen LogP contribution >= 0.6 is 0 Å². The lowest BCUT2D eigenvalue weighted by molar-refractivity contribution is -0.123. The largest absolute Gasteiger partial charge is 0.504 e. The number of furan rings is 1. The second kappa shape index (κ2) is 8.32. The van der Waals surface area contributed by atoms with Gasteiger partial charge in [-0.2, -0.15) is 0 Å². The lowest BCUT2D eigenvalue weighted by Crippen LogP contribution is -2.24. The minimum absolute atomic E-state index is 0.00458. The maximum Gasteiger partial charge on any atom is 0.414 e. The quantitative estimate of drug-likeness (QED) is 0.576. The van der Waals surface area contributed by atoms with E-state index in [-0.39, 0.29) is 12.4 Å². The molecule has 1 fully saturated rings. The number of phenolic OH excluding ortho intramolecular Hbond substituents is 1. The van der Waals surface area contributed by atoms with Crippen molar-refractivity contribution in [2.24, 2.45) is 0 Å². The van der Waals surface area contributed by atoms with Crippen molar-refractivity contribution < 1.29 is 33.0 Å². The van der Waals surface area contributed by atoms with E-state index in [2.05, 4.69) is 10.3 Å². The van der Waals surface area contributed by atoms with Gasteiger partial charge in [-0.05, 0) is 56.0 Å². The molecule has 2 aromatic heterocycles. The Morgan fingerprint density at radius 2 is 2.13 bits per heavy atom. The van der Waals surface area contributed by atoms with Gasteiger partial charge in [-0.15, -0.1) is 0 Å². The molecular weight excluding hydrogens is 392 g/mol. The number of hydrogen-bond donors (Lipinski definition) is 2. The van der Waals surface area contributed by atoms with E-state index < -0.39 is 18.1 Å². The maximum absolute atomic E-state index is 11.5. The Labute approximate surface area is 171 Å². The minimum Gasteiger partial charge on any atom is -0.504 e. The number of phenols is 1. The van der Waals surface area contributed by atoms with Crippen molar-refractivity contribution in [2.45, 2.75) is 38.9 Å². The molecule has 0 aliphatic carbocycles. The number of aryl methyl sites for hydroxylation is 2. The number of carbonyl (C=O) groups excluding carboxylic acids is 2. The van der Waals surface area contributed by atoms with Crippen molar-refractivity contribution in [3.63, 3.8) is 0 Å². The van der Waals surface area contributed by atoms with Crippen molar-refractivity contribution >= 4 is 12.0 Å². The number of imide groups is 1. The molecule has 3 heterocycles. The lowest BCUT2D eigenvalue weighted by atomic mass is 10.1. The second-order valence-corrected chi connectivity index (χ2v) is 6.87. The number of aromatic nitrogens is 1. The third-order valence-corrected chi connectivity index (χ3v) is 4.71. The first-order chi connectivity index (χ1) is 14.5. The van der Waals surface area contributed by atoms with E-state index in [0.717, 1.165) is 5.56 Å². The van der Waals surface area contributed by atoms with Gasteiger partial charge in [0.15, 0.2) is 23.4 Å². The fraction of sp³-hybridized carbons (Fsp3) is 0.286. The van der Waals surface area contributed by atoms with Gasteiger partial charge in [0.1, 0.15) is 18.1 Å². The Kier molecular flexibility index (Phi) is 5.42. The van der Waals surface area contributed by atoms with Gasteiger partial charge in [0, 0.05) is 0 Å². The Hall–Kier alpha value is -3.75. The predicted octanol–water partition coefficient (Wildman–Crippen LogP) is 3.49. The topological polar surface area (TPSA) is 124 Å². The number of aromatic hydroxyl groups is 1. The molecule has 0 spiro atoms. The molecule has 1 unspecified atom stereocenters. The van der Waals surface area contributed by atoms with Gasteiger partial charge < -0.3 is 23.4 Å². The number of rotatable bonds is 8. The molecule has 9 nitrogen and oxygen atoms in total. The highest BCUT2D eigenvalue weighted by molar-refractivity contribution is 5.99. The molecular formula is C21H20N2O7. The van der Waals surface area contributed by atoms with Crippen LogP contribution in [0.2, 0.25) is 0 Å². The average molecular weight is 412 g/mol. The van der Waals surface area contributed by atoms with Crippen LogP contribution in [0, 0.1) is 6.92 Å². The highest BCUT2D eigenvalue weighted by Crippen LogP contribution is 2.29. The summed E-state index contributed by atoms with van der Waals surface area (Å²) in [6.45, 7) is 1.91. The SMILES string of the molecule is Cc1oc(-c2ccco2)nc1COc1ccc(CCCC2OC(=O)NC2=O)cc1O. The van der Waals surface area contributed by atoms with E-state index >= 15 is 0 Å². The number of oxazole rings is 1. The summed E-state index contributed by atoms with van der Waals surface area (Å²) >= 11 is 0. The summed E-state index contributed by atoms with van der Waals surface area (Å²) in [4.78, 5) is 26.9. The van der Waals surface area contributed by atoms with Crippen molar-refractivity contribution in [1.82, 2.24) is 10.3 Å². The zero-order valence-corrected chi connectivity index (χ0v) is 16.2. The number of hydrogen-bond acceptors (Lipinski definition) is 8. The van der Waals surface area contributed by atoms with Crippen LogP contribution in [-0.4, -0.2) is 28.2 Å². The summed E-state index contributed by atoms with van der Waals surface area (Å²) in [6.07, 6.45) is 1.75. The van der Waals surface area contributed by atoms with Gasteiger partial charge in [0.25, 0.3) is 11.8 Å². The zero-order chi connectivity index (χ0) is 21.1. The maximum atomic E-state index is 11.5. The van der Waals surface area contributed by atoms with Gasteiger partial charge in [0.05, 0.1) is 6.26 Å². The van der Waals surface area contributed by atoms with Gasteiger partial charge in [0.2, 0.25) is 0 Å². The predicted molar refractivity (Wildman–Crippen MR) is 103 cm³/mol. The zero-order valence-electron chi connectivity index (χ0n) is 16.2. The second-order valence-electron chi connectivity index (χ2n) is 6.87. The van der Waals surface area contributed by atoms with Crippen LogP contribution in [0.5, 0.6) is 11.5 Å². The van der Waals surface area contributed by atoms with Crippen LogP contribution in [0.4, 0.5) is 4.79 Å². The van der Waals surface area contributed by atoms with Crippen LogP contribution < -0.4 is 10.1 Å². The molecule has 1 aliphatic heterocycles. The number of alkyl carbamates (subject to hydrolysis) is 1. The first kappa shape index (κ1) is 19.6. The number of nitrogens with zero attached hydrogens (tertiary/aromatic N) is 1. The molecule has 3 aromatic rings. The number of cyclic esters (lactones) is 1. The summed E-state index contributed by atoms with van der Waals surface area (Å²) in [5, 5.41) is 12.4.